The summed E-state index contributed by atoms with van der Waals surface area (Å²) in [4.78, 5) is 0. The Labute approximate surface area is 80.7 Å². The van der Waals surface area contributed by atoms with Crippen LogP contribution in [0.2, 0.25) is 0 Å². The first-order valence-electron chi connectivity index (χ1n) is 5.04. The first-order chi connectivity index (χ1) is 5.81. The van der Waals surface area contributed by atoms with Crippen LogP contribution in [-0.4, -0.2) is 31.8 Å². The number of hydrogen-bond donors (Lipinski definition) is 0. The highest BCUT2D eigenvalue weighted by molar-refractivity contribution is 6.95. The third-order valence-electron chi connectivity index (χ3n) is 1.70. The number of rotatable bonds is 8. The van der Waals surface area contributed by atoms with Gasteiger partial charge >= 0.3 is 0 Å². The molecule has 0 aliphatic carbocycles. The third-order valence-corrected chi connectivity index (χ3v) is 5.11. The van der Waals surface area contributed by atoms with Crippen molar-refractivity contribution in [3.63, 3.8) is 0 Å². The van der Waals surface area contributed by atoms with Gasteiger partial charge in [-0.2, -0.15) is 0 Å². The molecule has 0 saturated carbocycles. The van der Waals surface area contributed by atoms with Gasteiger partial charge in [0, 0.05) is 13.2 Å². The van der Waals surface area contributed by atoms with E-state index in [0.29, 0.717) is 0 Å². The average Bonchev–Trinajstić information content (AvgIpc) is 2.06. The molecule has 0 heterocycles. The Morgan fingerprint density at radius 1 is 1.00 bits per heavy atom. The lowest BCUT2D eigenvalue weighted by Crippen LogP contribution is -2.24. The Bertz CT molecular complexity index is 81.1. The van der Waals surface area contributed by atoms with Crippen LogP contribution in [0.25, 0.3) is 0 Å². The lowest BCUT2D eigenvalue weighted by Gasteiger charge is -2.11. The van der Waals surface area contributed by atoms with Crippen LogP contribution in [-0.2, 0) is 8.85 Å². The fourth-order valence-electron chi connectivity index (χ4n) is 0.835. The predicted octanol–water partition coefficient (Wildman–Crippen LogP) is 0.702. The van der Waals surface area contributed by atoms with Crippen LogP contribution < -0.4 is 0 Å². The van der Waals surface area contributed by atoms with Gasteiger partial charge in [0.05, 0.1) is 9.76 Å². The standard InChI is InChI=1S/C8H22O2Si2/c1-3-5-7-9-12(11)10-8-6-4-2/h12H,3-8H2,1-2,11H3. The van der Waals surface area contributed by atoms with E-state index < -0.39 is 8.80 Å². The molecule has 0 spiro atoms. The molecule has 0 rings (SSSR count). The molecule has 0 amide bonds. The lowest BCUT2D eigenvalue weighted by molar-refractivity contribution is 0.208. The molecule has 0 aliphatic rings. The fourth-order valence-corrected chi connectivity index (χ4v) is 3.34. The molecule has 0 unspecified atom stereocenters. The van der Waals surface area contributed by atoms with E-state index in [4.69, 9.17) is 8.85 Å². The van der Waals surface area contributed by atoms with Gasteiger partial charge in [0.1, 0.15) is 0 Å². The second-order valence-electron chi connectivity index (χ2n) is 3.02. The van der Waals surface area contributed by atoms with Gasteiger partial charge < -0.3 is 8.85 Å². The zero-order valence-corrected chi connectivity index (χ0v) is 11.8. The molecular formula is C8H22O2Si2. The van der Waals surface area contributed by atoms with Crippen molar-refractivity contribution in [2.75, 3.05) is 13.2 Å². The maximum Gasteiger partial charge on any atom is 0.288 e. The van der Waals surface area contributed by atoms with Crippen LogP contribution in [0.5, 0.6) is 0 Å². The minimum Gasteiger partial charge on any atom is -0.399 e. The molecule has 0 aromatic carbocycles. The van der Waals surface area contributed by atoms with Crippen molar-refractivity contribution in [2.45, 2.75) is 39.5 Å². The SMILES string of the molecule is CCCCO[SiH]([SiH3])OCCCC. The van der Waals surface area contributed by atoms with Crippen LogP contribution in [0.15, 0.2) is 0 Å². The highest BCUT2D eigenvalue weighted by atomic mass is 29.2. The molecule has 4 heteroatoms. The third kappa shape index (κ3) is 8.45. The average molecular weight is 206 g/mol. The van der Waals surface area contributed by atoms with E-state index in [1.807, 2.05) is 0 Å². The first kappa shape index (κ1) is 12.4. The van der Waals surface area contributed by atoms with E-state index in [1.165, 1.54) is 25.7 Å². The molecule has 2 nitrogen and oxygen atoms in total. The van der Waals surface area contributed by atoms with Crippen molar-refractivity contribution in [2.24, 2.45) is 0 Å². The maximum absolute atomic E-state index is 5.61. The largest absolute Gasteiger partial charge is 0.399 e. The van der Waals surface area contributed by atoms with Crippen LogP contribution in [0.4, 0.5) is 0 Å². The van der Waals surface area contributed by atoms with Crippen LogP contribution in [0.3, 0.4) is 0 Å². The van der Waals surface area contributed by atoms with Crippen molar-refractivity contribution in [1.29, 1.82) is 0 Å². The van der Waals surface area contributed by atoms with Crippen molar-refractivity contribution >= 4 is 18.6 Å². The van der Waals surface area contributed by atoms with Crippen LogP contribution in [0, 0.1) is 0 Å². The molecular weight excluding hydrogens is 184 g/mol. The fraction of sp³-hybridized carbons (Fsp3) is 1.00. The second kappa shape index (κ2) is 9.44. The quantitative estimate of drug-likeness (QED) is 0.430. The lowest BCUT2D eigenvalue weighted by atomic mass is 10.4. The van der Waals surface area contributed by atoms with E-state index in [2.05, 4.69) is 13.8 Å². The summed E-state index contributed by atoms with van der Waals surface area (Å²) in [5.41, 5.74) is 0. The van der Waals surface area contributed by atoms with Gasteiger partial charge in [-0.25, -0.2) is 0 Å². The maximum atomic E-state index is 5.61. The molecule has 0 bridgehead atoms. The molecule has 12 heavy (non-hydrogen) atoms. The monoisotopic (exact) mass is 206 g/mol. The molecule has 0 saturated heterocycles. The molecule has 0 atom stereocenters. The van der Waals surface area contributed by atoms with E-state index in [1.54, 1.807) is 0 Å². The van der Waals surface area contributed by atoms with Gasteiger partial charge in [-0.15, -0.1) is 0 Å². The Balaban J connectivity index is 3.04. The van der Waals surface area contributed by atoms with Gasteiger partial charge in [-0.3, -0.25) is 0 Å². The molecule has 0 N–H and O–H groups in total. The minimum atomic E-state index is -1.13. The Morgan fingerprint density at radius 2 is 1.42 bits per heavy atom. The summed E-state index contributed by atoms with van der Waals surface area (Å²) < 4.78 is 11.2. The van der Waals surface area contributed by atoms with Gasteiger partial charge in [0.2, 0.25) is 0 Å². The topological polar surface area (TPSA) is 18.5 Å². The predicted molar refractivity (Wildman–Crippen MR) is 58.8 cm³/mol. The van der Waals surface area contributed by atoms with E-state index in [-0.39, 0.29) is 0 Å². The first-order valence-corrected chi connectivity index (χ1v) is 10.6. The van der Waals surface area contributed by atoms with Gasteiger partial charge in [-0.1, -0.05) is 26.7 Å². The second-order valence-corrected chi connectivity index (χ2v) is 7.65. The summed E-state index contributed by atoms with van der Waals surface area (Å²) in [7, 11) is -0.00928. The van der Waals surface area contributed by atoms with Crippen molar-refractivity contribution in [3.05, 3.63) is 0 Å². The van der Waals surface area contributed by atoms with E-state index in [0.717, 1.165) is 23.0 Å². The number of hydrogen-bond acceptors (Lipinski definition) is 2. The van der Waals surface area contributed by atoms with Crippen LogP contribution in [0.1, 0.15) is 39.5 Å². The smallest absolute Gasteiger partial charge is 0.288 e. The molecule has 0 aromatic rings. The summed E-state index contributed by atoms with van der Waals surface area (Å²) in [5, 5.41) is 0. The Hall–Kier alpha value is 0.354. The van der Waals surface area contributed by atoms with E-state index >= 15 is 0 Å². The summed E-state index contributed by atoms with van der Waals surface area (Å²) in [5.74, 6) is 0. The van der Waals surface area contributed by atoms with E-state index in [9.17, 15) is 0 Å². The minimum absolute atomic E-state index is 0.920. The normalized spacial score (nSPS) is 11.2. The zero-order chi connectivity index (χ0) is 9.23. The van der Waals surface area contributed by atoms with Gasteiger partial charge in [-0.05, 0) is 12.8 Å². The van der Waals surface area contributed by atoms with Gasteiger partial charge in [0.25, 0.3) is 8.80 Å². The zero-order valence-electron chi connectivity index (χ0n) is 8.64. The van der Waals surface area contributed by atoms with Gasteiger partial charge in [0.15, 0.2) is 0 Å². The summed E-state index contributed by atoms with van der Waals surface area (Å²) in [6.07, 6.45) is 4.81. The highest BCUT2D eigenvalue weighted by Gasteiger charge is 2.03. The van der Waals surface area contributed by atoms with Crippen molar-refractivity contribution in [1.82, 2.24) is 0 Å². The summed E-state index contributed by atoms with van der Waals surface area (Å²) >= 11 is 0. The van der Waals surface area contributed by atoms with Crippen LogP contribution >= 0.6 is 0 Å². The van der Waals surface area contributed by atoms with Crippen molar-refractivity contribution < 1.29 is 8.85 Å². The molecule has 0 aliphatic heterocycles. The molecule has 74 valence electrons. The highest BCUT2D eigenvalue weighted by Crippen LogP contribution is 1.93. The Kier molecular flexibility index (Phi) is 9.72. The van der Waals surface area contributed by atoms with Crippen molar-refractivity contribution in [3.8, 4) is 0 Å². The summed E-state index contributed by atoms with van der Waals surface area (Å²) in [6, 6.07) is 0. The molecule has 0 aromatic heterocycles. The number of unbranched alkanes of at least 4 members (excludes halogenated alkanes) is 2. The molecule has 0 fully saturated rings. The Morgan fingerprint density at radius 3 is 1.75 bits per heavy atom. The summed E-state index contributed by atoms with van der Waals surface area (Å²) in [6.45, 7) is 6.21. The molecule has 0 radical (unpaired) electrons.